The molecular weight excluding hydrogens is 471 g/mol. The first-order chi connectivity index (χ1) is 14.3. The van der Waals surface area contributed by atoms with Crippen molar-refractivity contribution < 1.29 is 8.42 Å². The van der Waals surface area contributed by atoms with E-state index in [0.29, 0.717) is 10.8 Å². The Morgan fingerprint density at radius 3 is 2.37 bits per heavy atom. The molecule has 152 valence electrons. The fourth-order valence-corrected chi connectivity index (χ4v) is 4.45. The molecule has 11 heteroatoms. The van der Waals surface area contributed by atoms with Crippen molar-refractivity contribution in [3.63, 3.8) is 0 Å². The SMILES string of the molecule is O=c1[nH]nc(-c2ncc(Cl)cc2NS(=O)(=O)c2ccc(Cl)c(Cl)c2)c2ccccc12. The summed E-state index contributed by atoms with van der Waals surface area (Å²) < 4.78 is 28.3. The fraction of sp³-hybridized carbons (Fsp3) is 0. The number of aromatic nitrogens is 3. The van der Waals surface area contributed by atoms with Gasteiger partial charge in [0.25, 0.3) is 15.6 Å². The number of H-pyrrole nitrogens is 1. The van der Waals surface area contributed by atoms with Gasteiger partial charge in [-0.2, -0.15) is 5.10 Å². The average Bonchev–Trinajstić information content (AvgIpc) is 2.71. The number of rotatable bonds is 4. The lowest BCUT2D eigenvalue weighted by Gasteiger charge is -2.13. The van der Waals surface area contributed by atoms with Gasteiger partial charge in [-0.1, -0.05) is 53.0 Å². The van der Waals surface area contributed by atoms with Crippen LogP contribution in [0.25, 0.3) is 22.2 Å². The van der Waals surface area contributed by atoms with Gasteiger partial charge in [-0.15, -0.1) is 0 Å². The minimum Gasteiger partial charge on any atom is -0.277 e. The zero-order valence-corrected chi connectivity index (χ0v) is 17.9. The number of benzene rings is 2. The van der Waals surface area contributed by atoms with E-state index in [1.807, 2.05) is 0 Å². The van der Waals surface area contributed by atoms with E-state index in [0.717, 1.165) is 0 Å². The van der Waals surface area contributed by atoms with Gasteiger partial charge in [0.2, 0.25) is 0 Å². The van der Waals surface area contributed by atoms with E-state index in [-0.39, 0.29) is 42.6 Å². The summed E-state index contributed by atoms with van der Waals surface area (Å²) in [4.78, 5) is 16.2. The van der Waals surface area contributed by atoms with Gasteiger partial charge < -0.3 is 0 Å². The van der Waals surface area contributed by atoms with Crippen LogP contribution < -0.4 is 10.3 Å². The van der Waals surface area contributed by atoms with E-state index in [2.05, 4.69) is 19.9 Å². The second-order valence-corrected chi connectivity index (χ2v) is 9.11. The van der Waals surface area contributed by atoms with Gasteiger partial charge in [0.05, 0.1) is 31.0 Å². The molecule has 0 unspecified atom stereocenters. The van der Waals surface area contributed by atoms with Gasteiger partial charge in [-0.3, -0.25) is 14.5 Å². The van der Waals surface area contributed by atoms with Gasteiger partial charge in [0, 0.05) is 11.6 Å². The largest absolute Gasteiger partial charge is 0.277 e. The predicted molar refractivity (Wildman–Crippen MR) is 118 cm³/mol. The van der Waals surface area contributed by atoms with Crippen LogP contribution in [0.4, 0.5) is 5.69 Å². The van der Waals surface area contributed by atoms with Crippen molar-refractivity contribution in [2.75, 3.05) is 4.72 Å². The Labute approximate surface area is 185 Å². The molecule has 0 aliphatic heterocycles. The molecule has 4 aromatic rings. The zero-order chi connectivity index (χ0) is 21.5. The van der Waals surface area contributed by atoms with Gasteiger partial charge in [0.15, 0.2) is 0 Å². The van der Waals surface area contributed by atoms with Crippen LogP contribution in [0.2, 0.25) is 15.1 Å². The van der Waals surface area contributed by atoms with E-state index in [9.17, 15) is 13.2 Å². The summed E-state index contributed by atoms with van der Waals surface area (Å²) in [6.45, 7) is 0. The molecule has 0 aliphatic carbocycles. The van der Waals surface area contributed by atoms with E-state index in [4.69, 9.17) is 34.8 Å². The number of fused-ring (bicyclic) bond motifs is 1. The highest BCUT2D eigenvalue weighted by Crippen LogP contribution is 2.33. The third-order valence-corrected chi connectivity index (χ3v) is 6.53. The number of anilines is 1. The van der Waals surface area contributed by atoms with Crippen molar-refractivity contribution in [2.45, 2.75) is 4.90 Å². The fourth-order valence-electron chi connectivity index (χ4n) is 2.85. The van der Waals surface area contributed by atoms with Crippen LogP contribution in [0.1, 0.15) is 0 Å². The van der Waals surface area contributed by atoms with Crippen LogP contribution in [0.5, 0.6) is 0 Å². The van der Waals surface area contributed by atoms with Crippen molar-refractivity contribution in [3.05, 3.63) is 80.1 Å². The second kappa shape index (κ2) is 7.88. The molecule has 0 atom stereocenters. The molecular formula is C19H11Cl3N4O3S. The molecule has 0 bridgehead atoms. The minimum atomic E-state index is -4.05. The maximum Gasteiger partial charge on any atom is 0.272 e. The van der Waals surface area contributed by atoms with Crippen LogP contribution in [0.15, 0.2) is 64.4 Å². The number of halogens is 3. The van der Waals surface area contributed by atoms with Gasteiger partial charge >= 0.3 is 0 Å². The maximum atomic E-state index is 12.9. The Bertz CT molecular complexity index is 1460. The monoisotopic (exact) mass is 480 g/mol. The molecule has 0 saturated heterocycles. The Morgan fingerprint density at radius 1 is 0.900 bits per heavy atom. The van der Waals surface area contributed by atoms with Crippen molar-refractivity contribution in [3.8, 4) is 11.4 Å². The zero-order valence-electron chi connectivity index (χ0n) is 14.9. The smallest absolute Gasteiger partial charge is 0.272 e. The van der Waals surface area contributed by atoms with Crippen LogP contribution in [-0.4, -0.2) is 23.6 Å². The molecule has 4 rings (SSSR count). The predicted octanol–water partition coefficient (Wildman–Crippen LogP) is 4.75. The minimum absolute atomic E-state index is 0.0817. The number of pyridine rings is 1. The molecule has 0 spiro atoms. The normalized spacial score (nSPS) is 11.6. The van der Waals surface area contributed by atoms with Crippen LogP contribution in [-0.2, 0) is 10.0 Å². The summed E-state index contributed by atoms with van der Waals surface area (Å²) in [7, 11) is -4.05. The van der Waals surface area contributed by atoms with Gasteiger partial charge in [-0.05, 0) is 30.3 Å². The summed E-state index contributed by atoms with van der Waals surface area (Å²) in [5.41, 5.74) is 0.184. The molecule has 0 radical (unpaired) electrons. The van der Waals surface area contributed by atoms with Crippen LogP contribution in [0.3, 0.4) is 0 Å². The molecule has 2 aromatic heterocycles. The highest BCUT2D eigenvalue weighted by molar-refractivity contribution is 7.92. The third-order valence-electron chi connectivity index (χ3n) is 4.22. The highest BCUT2D eigenvalue weighted by atomic mass is 35.5. The Morgan fingerprint density at radius 2 is 1.63 bits per heavy atom. The molecule has 2 heterocycles. The van der Waals surface area contributed by atoms with Gasteiger partial charge in [-0.25, -0.2) is 13.5 Å². The molecule has 30 heavy (non-hydrogen) atoms. The van der Waals surface area contributed by atoms with Gasteiger partial charge in [0.1, 0.15) is 11.4 Å². The average molecular weight is 482 g/mol. The standard InChI is InChI=1S/C19H11Cl3N4O3S/c20-10-7-16(26-30(28,29)11-5-6-14(21)15(22)8-11)18(23-9-10)17-12-3-1-2-4-13(12)19(27)25-24-17/h1-9,26H,(H,25,27). The number of nitrogens with one attached hydrogen (secondary N) is 2. The topological polar surface area (TPSA) is 105 Å². The quantitative estimate of drug-likeness (QED) is 0.438. The van der Waals surface area contributed by atoms with E-state index >= 15 is 0 Å². The van der Waals surface area contributed by atoms with E-state index in [1.165, 1.54) is 30.5 Å². The summed E-state index contributed by atoms with van der Waals surface area (Å²) >= 11 is 17.9. The number of aromatic amines is 1. The Balaban J connectivity index is 1.87. The molecule has 7 nitrogen and oxygen atoms in total. The molecule has 0 amide bonds. The summed E-state index contributed by atoms with van der Waals surface area (Å²) in [6, 6.07) is 12.1. The van der Waals surface area contributed by atoms with E-state index in [1.54, 1.807) is 24.3 Å². The number of sulfonamides is 1. The molecule has 2 aromatic carbocycles. The first kappa shape index (κ1) is 20.6. The van der Waals surface area contributed by atoms with Crippen LogP contribution in [0, 0.1) is 0 Å². The lowest BCUT2D eigenvalue weighted by molar-refractivity contribution is 0.601. The summed E-state index contributed by atoms with van der Waals surface area (Å²) in [6.07, 6.45) is 1.36. The molecule has 0 saturated carbocycles. The number of hydrogen-bond donors (Lipinski definition) is 2. The first-order valence-electron chi connectivity index (χ1n) is 8.37. The second-order valence-electron chi connectivity index (χ2n) is 6.18. The molecule has 2 N–H and O–H groups in total. The Kier molecular flexibility index (Phi) is 5.42. The summed E-state index contributed by atoms with van der Waals surface area (Å²) in [5.74, 6) is 0. The van der Waals surface area contributed by atoms with Crippen LogP contribution >= 0.6 is 34.8 Å². The number of hydrogen-bond acceptors (Lipinski definition) is 5. The number of nitrogens with zero attached hydrogens (tertiary/aromatic N) is 2. The molecule has 0 aliphatic rings. The maximum absolute atomic E-state index is 12.9. The first-order valence-corrected chi connectivity index (χ1v) is 11.0. The summed E-state index contributed by atoms with van der Waals surface area (Å²) in [5, 5.41) is 7.90. The third kappa shape index (κ3) is 3.87. The Hall–Kier alpha value is -2.65. The lowest BCUT2D eigenvalue weighted by Crippen LogP contribution is -2.15. The van der Waals surface area contributed by atoms with Crippen molar-refractivity contribution in [1.82, 2.24) is 15.2 Å². The van der Waals surface area contributed by atoms with Crippen molar-refractivity contribution >= 4 is 61.3 Å². The lowest BCUT2D eigenvalue weighted by atomic mass is 10.1. The van der Waals surface area contributed by atoms with E-state index < -0.39 is 10.0 Å². The van der Waals surface area contributed by atoms with Crippen molar-refractivity contribution in [1.29, 1.82) is 0 Å². The van der Waals surface area contributed by atoms with Crippen molar-refractivity contribution in [2.24, 2.45) is 0 Å². The highest BCUT2D eigenvalue weighted by Gasteiger charge is 2.21. The molecule has 0 fully saturated rings.